The summed E-state index contributed by atoms with van der Waals surface area (Å²) in [5, 5.41) is 7.44. The Morgan fingerprint density at radius 2 is 2.00 bits per heavy atom. The van der Waals surface area contributed by atoms with Gasteiger partial charge in [-0.15, -0.1) is 0 Å². The van der Waals surface area contributed by atoms with Crippen molar-refractivity contribution in [3.05, 3.63) is 17.5 Å². The van der Waals surface area contributed by atoms with Crippen molar-refractivity contribution in [2.75, 3.05) is 20.1 Å². The molecular formula is C18H32N4O. The Balaban J connectivity index is 1.89. The van der Waals surface area contributed by atoms with Gasteiger partial charge in [0.15, 0.2) is 0 Å². The quantitative estimate of drug-likeness (QED) is 0.928. The molecule has 0 unspecified atom stereocenters. The van der Waals surface area contributed by atoms with Crippen LogP contribution in [0.5, 0.6) is 0 Å². The average molecular weight is 320 g/mol. The van der Waals surface area contributed by atoms with Crippen LogP contribution >= 0.6 is 0 Å². The Morgan fingerprint density at radius 1 is 1.39 bits per heavy atom. The number of piperidine rings is 1. The van der Waals surface area contributed by atoms with Gasteiger partial charge in [-0.1, -0.05) is 20.8 Å². The SMILES string of the molecule is CC(C)N1CCC(C(=O)N(C)Cc2cc(C(C)(C)C)n[nH]2)CC1. The summed E-state index contributed by atoms with van der Waals surface area (Å²) in [6.07, 6.45) is 1.94. The number of amides is 1. The minimum Gasteiger partial charge on any atom is -0.340 e. The topological polar surface area (TPSA) is 52.2 Å². The summed E-state index contributed by atoms with van der Waals surface area (Å²) in [4.78, 5) is 17.0. The molecule has 1 fully saturated rings. The molecular weight excluding hydrogens is 288 g/mol. The van der Waals surface area contributed by atoms with E-state index in [0.717, 1.165) is 37.3 Å². The maximum atomic E-state index is 12.7. The van der Waals surface area contributed by atoms with Gasteiger partial charge in [0.1, 0.15) is 0 Å². The normalized spacial score (nSPS) is 17.7. The molecule has 130 valence electrons. The van der Waals surface area contributed by atoms with E-state index in [-0.39, 0.29) is 17.2 Å². The Bertz CT molecular complexity index is 521. The Labute approximate surface area is 140 Å². The summed E-state index contributed by atoms with van der Waals surface area (Å²) >= 11 is 0. The summed E-state index contributed by atoms with van der Waals surface area (Å²) in [7, 11) is 1.90. The molecule has 5 nitrogen and oxygen atoms in total. The summed E-state index contributed by atoms with van der Waals surface area (Å²) < 4.78 is 0. The second kappa shape index (κ2) is 7.04. The second-order valence-corrected chi connectivity index (χ2v) is 8.13. The fraction of sp³-hybridized carbons (Fsp3) is 0.778. The number of H-pyrrole nitrogens is 1. The van der Waals surface area contributed by atoms with Gasteiger partial charge < -0.3 is 9.80 Å². The maximum absolute atomic E-state index is 12.7. The van der Waals surface area contributed by atoms with Crippen LogP contribution in [-0.2, 0) is 16.8 Å². The van der Waals surface area contributed by atoms with E-state index in [0.29, 0.717) is 12.6 Å². The van der Waals surface area contributed by atoms with E-state index in [2.05, 4.69) is 55.8 Å². The third-order valence-corrected chi connectivity index (χ3v) is 4.79. The molecule has 5 heteroatoms. The predicted octanol–water partition coefficient (Wildman–Crippen LogP) is 2.79. The molecule has 23 heavy (non-hydrogen) atoms. The van der Waals surface area contributed by atoms with Crippen molar-refractivity contribution in [1.82, 2.24) is 20.0 Å². The number of aromatic nitrogens is 2. The lowest BCUT2D eigenvalue weighted by Crippen LogP contribution is -2.43. The van der Waals surface area contributed by atoms with Gasteiger partial charge in [0, 0.05) is 24.4 Å². The number of aromatic amines is 1. The average Bonchev–Trinajstić information content (AvgIpc) is 2.95. The molecule has 0 aliphatic carbocycles. The first-order valence-corrected chi connectivity index (χ1v) is 8.72. The van der Waals surface area contributed by atoms with Gasteiger partial charge >= 0.3 is 0 Å². The van der Waals surface area contributed by atoms with E-state index < -0.39 is 0 Å². The Hall–Kier alpha value is -1.36. The molecule has 1 N–H and O–H groups in total. The number of carbonyl (C=O) groups is 1. The lowest BCUT2D eigenvalue weighted by Gasteiger charge is -2.35. The molecule has 1 saturated heterocycles. The molecule has 1 aromatic heterocycles. The highest BCUT2D eigenvalue weighted by Crippen LogP contribution is 2.23. The number of carbonyl (C=O) groups excluding carboxylic acids is 1. The van der Waals surface area contributed by atoms with E-state index in [1.54, 1.807) is 0 Å². The van der Waals surface area contributed by atoms with Crippen LogP contribution in [0.25, 0.3) is 0 Å². The highest BCUT2D eigenvalue weighted by molar-refractivity contribution is 5.78. The number of rotatable bonds is 4. The van der Waals surface area contributed by atoms with Crippen molar-refractivity contribution in [3.8, 4) is 0 Å². The first-order valence-electron chi connectivity index (χ1n) is 8.72. The molecule has 0 radical (unpaired) electrons. The molecule has 0 bridgehead atoms. The van der Waals surface area contributed by atoms with E-state index in [4.69, 9.17) is 0 Å². The molecule has 1 amide bonds. The monoisotopic (exact) mass is 320 g/mol. The van der Waals surface area contributed by atoms with E-state index in [9.17, 15) is 4.79 Å². The van der Waals surface area contributed by atoms with Crippen molar-refractivity contribution >= 4 is 5.91 Å². The van der Waals surface area contributed by atoms with Gasteiger partial charge in [-0.3, -0.25) is 9.89 Å². The number of hydrogen-bond acceptors (Lipinski definition) is 3. The van der Waals surface area contributed by atoms with Gasteiger partial charge in [0.2, 0.25) is 5.91 Å². The molecule has 2 heterocycles. The first-order chi connectivity index (χ1) is 10.7. The van der Waals surface area contributed by atoms with Crippen molar-refractivity contribution in [1.29, 1.82) is 0 Å². The third-order valence-electron chi connectivity index (χ3n) is 4.79. The summed E-state index contributed by atoms with van der Waals surface area (Å²) in [5.41, 5.74) is 2.07. The third kappa shape index (κ3) is 4.56. The zero-order chi connectivity index (χ0) is 17.2. The molecule has 0 saturated carbocycles. The van der Waals surface area contributed by atoms with Crippen LogP contribution in [0.15, 0.2) is 6.07 Å². The molecule has 1 aliphatic rings. The van der Waals surface area contributed by atoms with E-state index in [1.807, 2.05) is 11.9 Å². The standard InChI is InChI=1S/C18H32N4O/c1-13(2)22-9-7-14(8-10-22)17(23)21(6)12-15-11-16(20-19-15)18(3,4)5/h11,13-14H,7-10,12H2,1-6H3,(H,19,20). The predicted molar refractivity (Wildman–Crippen MR) is 93.2 cm³/mol. The van der Waals surface area contributed by atoms with Crippen LogP contribution in [0.2, 0.25) is 0 Å². The fourth-order valence-electron chi connectivity index (χ4n) is 3.13. The van der Waals surface area contributed by atoms with Crippen LogP contribution in [0.3, 0.4) is 0 Å². The van der Waals surface area contributed by atoms with Gasteiger partial charge in [0.05, 0.1) is 17.9 Å². The minimum atomic E-state index is 0.0288. The molecule has 2 rings (SSSR count). The van der Waals surface area contributed by atoms with E-state index >= 15 is 0 Å². The number of likely N-dealkylation sites (tertiary alicyclic amines) is 1. The van der Waals surface area contributed by atoms with Crippen molar-refractivity contribution in [3.63, 3.8) is 0 Å². The number of hydrogen-bond donors (Lipinski definition) is 1. The number of nitrogens with zero attached hydrogens (tertiary/aromatic N) is 3. The summed E-state index contributed by atoms with van der Waals surface area (Å²) in [5.74, 6) is 0.431. The van der Waals surface area contributed by atoms with Gasteiger partial charge in [-0.2, -0.15) is 5.10 Å². The minimum absolute atomic E-state index is 0.0288. The lowest BCUT2D eigenvalue weighted by atomic mass is 9.92. The molecule has 0 atom stereocenters. The summed E-state index contributed by atoms with van der Waals surface area (Å²) in [6.45, 7) is 13.5. The zero-order valence-corrected chi connectivity index (χ0v) is 15.5. The highest BCUT2D eigenvalue weighted by atomic mass is 16.2. The van der Waals surface area contributed by atoms with Crippen molar-refractivity contribution in [2.45, 2.75) is 65.5 Å². The largest absolute Gasteiger partial charge is 0.340 e. The molecule has 0 aromatic carbocycles. The van der Waals surface area contributed by atoms with Crippen LogP contribution in [-0.4, -0.2) is 52.1 Å². The smallest absolute Gasteiger partial charge is 0.225 e. The van der Waals surface area contributed by atoms with Crippen LogP contribution in [0.1, 0.15) is 58.8 Å². The van der Waals surface area contributed by atoms with Gasteiger partial charge in [-0.05, 0) is 45.8 Å². The first kappa shape index (κ1) is 18.0. The van der Waals surface area contributed by atoms with Crippen LogP contribution in [0.4, 0.5) is 0 Å². The molecule has 1 aromatic rings. The van der Waals surface area contributed by atoms with Gasteiger partial charge in [0.25, 0.3) is 0 Å². The van der Waals surface area contributed by atoms with Gasteiger partial charge in [-0.25, -0.2) is 0 Å². The Morgan fingerprint density at radius 3 is 2.48 bits per heavy atom. The zero-order valence-electron chi connectivity index (χ0n) is 15.5. The maximum Gasteiger partial charge on any atom is 0.225 e. The Kier molecular flexibility index (Phi) is 5.50. The number of nitrogens with one attached hydrogen (secondary N) is 1. The van der Waals surface area contributed by atoms with Crippen LogP contribution < -0.4 is 0 Å². The summed E-state index contributed by atoms with van der Waals surface area (Å²) in [6, 6.07) is 2.65. The van der Waals surface area contributed by atoms with Crippen molar-refractivity contribution < 1.29 is 4.79 Å². The molecule has 0 spiro atoms. The second-order valence-electron chi connectivity index (χ2n) is 8.13. The fourth-order valence-corrected chi connectivity index (χ4v) is 3.13. The molecule has 1 aliphatic heterocycles. The lowest BCUT2D eigenvalue weighted by molar-refractivity contribution is -0.136. The van der Waals surface area contributed by atoms with E-state index in [1.165, 1.54) is 0 Å². The van der Waals surface area contributed by atoms with Crippen molar-refractivity contribution in [2.24, 2.45) is 5.92 Å². The highest BCUT2D eigenvalue weighted by Gasteiger charge is 2.28. The van der Waals surface area contributed by atoms with Crippen LogP contribution in [0, 0.1) is 5.92 Å².